The molecule has 4 heteroatoms. The molecule has 1 fully saturated rings. The molecule has 1 N–H and O–H groups in total. The number of aromatic nitrogens is 1. The van der Waals surface area contributed by atoms with Crippen molar-refractivity contribution < 1.29 is 0 Å². The molecule has 1 aromatic rings. The monoisotopic (exact) mass is 251 g/mol. The molecule has 0 aliphatic heterocycles. The lowest BCUT2D eigenvalue weighted by Crippen LogP contribution is -2.22. The Balaban J connectivity index is 1.89. The summed E-state index contributed by atoms with van der Waals surface area (Å²) in [5.41, 5.74) is 1.33. The molecule has 0 atom stereocenters. The van der Waals surface area contributed by atoms with Gasteiger partial charge in [-0.15, -0.1) is 0 Å². The first kappa shape index (κ1) is 12.7. The SMILES string of the molecule is CSCCN(C)c1cc(CNC2CC2)ccn1. The van der Waals surface area contributed by atoms with Gasteiger partial charge < -0.3 is 10.2 Å². The van der Waals surface area contributed by atoms with Crippen molar-refractivity contribution in [1.29, 1.82) is 0 Å². The first-order valence-electron chi connectivity index (χ1n) is 6.18. The topological polar surface area (TPSA) is 28.2 Å². The van der Waals surface area contributed by atoms with E-state index in [9.17, 15) is 0 Å². The Morgan fingerprint density at radius 1 is 1.53 bits per heavy atom. The number of nitrogens with zero attached hydrogens (tertiary/aromatic N) is 2. The second-order valence-corrected chi connectivity index (χ2v) is 5.58. The van der Waals surface area contributed by atoms with Gasteiger partial charge in [-0.3, -0.25) is 0 Å². The summed E-state index contributed by atoms with van der Waals surface area (Å²) in [4.78, 5) is 6.64. The fourth-order valence-corrected chi connectivity index (χ4v) is 2.13. The normalized spacial score (nSPS) is 14.9. The van der Waals surface area contributed by atoms with E-state index in [4.69, 9.17) is 0 Å². The Morgan fingerprint density at radius 2 is 2.35 bits per heavy atom. The Hall–Kier alpha value is -0.740. The lowest BCUT2D eigenvalue weighted by molar-refractivity contribution is 0.687. The summed E-state index contributed by atoms with van der Waals surface area (Å²) in [6, 6.07) is 5.05. The van der Waals surface area contributed by atoms with Gasteiger partial charge in [-0.1, -0.05) is 0 Å². The summed E-state index contributed by atoms with van der Waals surface area (Å²) in [5.74, 6) is 2.22. The highest BCUT2D eigenvalue weighted by Gasteiger charge is 2.19. The number of hydrogen-bond acceptors (Lipinski definition) is 4. The molecule has 1 aliphatic carbocycles. The van der Waals surface area contributed by atoms with Crippen molar-refractivity contribution in [3.8, 4) is 0 Å². The van der Waals surface area contributed by atoms with Crippen LogP contribution in [0.4, 0.5) is 5.82 Å². The van der Waals surface area contributed by atoms with Crippen molar-refractivity contribution in [2.24, 2.45) is 0 Å². The summed E-state index contributed by atoms with van der Waals surface area (Å²) in [7, 11) is 2.11. The van der Waals surface area contributed by atoms with Gasteiger partial charge in [-0.05, 0) is 36.8 Å². The van der Waals surface area contributed by atoms with Crippen LogP contribution in [0.3, 0.4) is 0 Å². The Morgan fingerprint density at radius 3 is 3.06 bits per heavy atom. The summed E-state index contributed by atoms with van der Waals surface area (Å²) in [6.07, 6.45) is 6.73. The molecule has 0 bridgehead atoms. The lowest BCUT2D eigenvalue weighted by atomic mass is 10.2. The largest absolute Gasteiger partial charge is 0.359 e. The summed E-state index contributed by atoms with van der Waals surface area (Å²) >= 11 is 1.87. The van der Waals surface area contributed by atoms with Crippen LogP contribution in [0.15, 0.2) is 18.3 Å². The molecule has 0 unspecified atom stereocenters. The van der Waals surface area contributed by atoms with Crippen LogP contribution < -0.4 is 10.2 Å². The fraction of sp³-hybridized carbons (Fsp3) is 0.615. The molecule has 17 heavy (non-hydrogen) atoms. The molecule has 0 radical (unpaired) electrons. The van der Waals surface area contributed by atoms with Crippen LogP contribution >= 0.6 is 11.8 Å². The maximum Gasteiger partial charge on any atom is 0.128 e. The van der Waals surface area contributed by atoms with E-state index in [2.05, 4.69) is 40.6 Å². The van der Waals surface area contributed by atoms with E-state index in [0.29, 0.717) is 0 Å². The number of pyridine rings is 1. The Labute approximate surface area is 108 Å². The highest BCUT2D eigenvalue weighted by atomic mass is 32.2. The molecule has 0 amide bonds. The molecule has 94 valence electrons. The van der Waals surface area contributed by atoms with Gasteiger partial charge in [0.1, 0.15) is 5.82 Å². The predicted molar refractivity (Wildman–Crippen MR) is 75.8 cm³/mol. The van der Waals surface area contributed by atoms with E-state index in [1.54, 1.807) is 0 Å². The highest BCUT2D eigenvalue weighted by molar-refractivity contribution is 7.98. The Bertz CT molecular complexity index is 352. The third-order valence-electron chi connectivity index (χ3n) is 3.00. The third-order valence-corrected chi connectivity index (χ3v) is 3.59. The summed E-state index contributed by atoms with van der Waals surface area (Å²) in [6.45, 7) is 2.02. The van der Waals surface area contributed by atoms with Crippen molar-refractivity contribution in [3.63, 3.8) is 0 Å². The minimum atomic E-state index is 0.765. The molecule has 1 aliphatic rings. The van der Waals surface area contributed by atoms with Crippen molar-refractivity contribution in [2.45, 2.75) is 25.4 Å². The van der Waals surface area contributed by atoms with E-state index in [0.717, 1.165) is 30.7 Å². The zero-order valence-corrected chi connectivity index (χ0v) is 11.5. The van der Waals surface area contributed by atoms with Gasteiger partial charge in [0.15, 0.2) is 0 Å². The average molecular weight is 251 g/mol. The molecule has 0 spiro atoms. The van der Waals surface area contributed by atoms with Crippen LogP contribution in [0.5, 0.6) is 0 Å². The number of nitrogens with one attached hydrogen (secondary N) is 1. The maximum atomic E-state index is 4.42. The van der Waals surface area contributed by atoms with Crippen molar-refractivity contribution in [2.75, 3.05) is 30.5 Å². The van der Waals surface area contributed by atoms with Gasteiger partial charge in [0, 0.05) is 38.1 Å². The maximum absolute atomic E-state index is 4.42. The number of hydrogen-bond donors (Lipinski definition) is 1. The standard InChI is InChI=1S/C13H21N3S/c1-16(7-8-17-2)13-9-11(5-6-14-13)10-15-12-3-4-12/h5-6,9,12,15H,3-4,7-8,10H2,1-2H3. The zero-order chi connectivity index (χ0) is 12.1. The van der Waals surface area contributed by atoms with Gasteiger partial charge in [-0.25, -0.2) is 4.98 Å². The minimum absolute atomic E-state index is 0.765. The summed E-state index contributed by atoms with van der Waals surface area (Å²) in [5, 5.41) is 3.53. The quantitative estimate of drug-likeness (QED) is 0.803. The van der Waals surface area contributed by atoms with Gasteiger partial charge in [-0.2, -0.15) is 11.8 Å². The molecule has 3 nitrogen and oxygen atoms in total. The van der Waals surface area contributed by atoms with E-state index >= 15 is 0 Å². The minimum Gasteiger partial charge on any atom is -0.359 e. The molecule has 0 aromatic carbocycles. The molecule has 1 aromatic heterocycles. The fourth-order valence-electron chi connectivity index (χ4n) is 1.67. The van der Waals surface area contributed by atoms with Gasteiger partial charge in [0.05, 0.1) is 0 Å². The van der Waals surface area contributed by atoms with Crippen molar-refractivity contribution in [1.82, 2.24) is 10.3 Å². The van der Waals surface area contributed by atoms with Gasteiger partial charge in [0.25, 0.3) is 0 Å². The molecule has 1 heterocycles. The van der Waals surface area contributed by atoms with Gasteiger partial charge >= 0.3 is 0 Å². The number of rotatable bonds is 7. The van der Waals surface area contributed by atoms with Crippen LogP contribution in [0.25, 0.3) is 0 Å². The molecule has 1 saturated carbocycles. The van der Waals surface area contributed by atoms with Crippen molar-refractivity contribution >= 4 is 17.6 Å². The van der Waals surface area contributed by atoms with E-state index < -0.39 is 0 Å². The first-order valence-corrected chi connectivity index (χ1v) is 7.57. The van der Waals surface area contributed by atoms with Gasteiger partial charge in [0.2, 0.25) is 0 Å². The van der Waals surface area contributed by atoms with E-state index in [1.165, 1.54) is 18.4 Å². The average Bonchev–Trinajstić information content (AvgIpc) is 3.18. The van der Waals surface area contributed by atoms with E-state index in [-0.39, 0.29) is 0 Å². The second kappa shape index (κ2) is 6.26. The van der Waals surface area contributed by atoms with Crippen LogP contribution in [0.1, 0.15) is 18.4 Å². The highest BCUT2D eigenvalue weighted by Crippen LogP contribution is 2.19. The Kier molecular flexibility index (Phi) is 4.68. The molecule has 2 rings (SSSR count). The molecule has 0 saturated heterocycles. The van der Waals surface area contributed by atoms with Crippen LogP contribution in [-0.4, -0.2) is 36.6 Å². The van der Waals surface area contributed by atoms with Crippen LogP contribution in [-0.2, 0) is 6.54 Å². The molecular weight excluding hydrogens is 230 g/mol. The van der Waals surface area contributed by atoms with Crippen molar-refractivity contribution in [3.05, 3.63) is 23.9 Å². The number of thioether (sulfide) groups is 1. The predicted octanol–water partition coefficient (Wildman–Crippen LogP) is 2.13. The third kappa shape index (κ3) is 4.21. The summed E-state index contributed by atoms with van der Waals surface area (Å²) < 4.78 is 0. The number of anilines is 1. The van der Waals surface area contributed by atoms with Crippen LogP contribution in [0, 0.1) is 0 Å². The molecular formula is C13H21N3S. The second-order valence-electron chi connectivity index (χ2n) is 4.59. The smallest absolute Gasteiger partial charge is 0.128 e. The van der Waals surface area contributed by atoms with Crippen LogP contribution in [0.2, 0.25) is 0 Å². The zero-order valence-electron chi connectivity index (χ0n) is 10.6. The first-order chi connectivity index (χ1) is 8.29. The lowest BCUT2D eigenvalue weighted by Gasteiger charge is -2.18. The van der Waals surface area contributed by atoms with E-state index in [1.807, 2.05) is 18.0 Å².